The van der Waals surface area contributed by atoms with Gasteiger partial charge < -0.3 is 10.1 Å². The average Bonchev–Trinajstić information content (AvgIpc) is 2.65. The monoisotopic (exact) mass is 423 g/mol. The molecule has 1 N–H and O–H groups in total. The van der Waals surface area contributed by atoms with Crippen LogP contribution >= 0.6 is 0 Å². The van der Waals surface area contributed by atoms with Crippen molar-refractivity contribution in [3.63, 3.8) is 0 Å². The standard InChI is InChI=1S/C19H16F7NO2/c1-3-9(2)10-4-6-11(7-5-10)27-12(28)8-29-18-16(22)14(20)13(19(24,25)26)15(21)17(18)23/h4-7,9H,3,8H2,1-2H3,(H,27,28)/t9-/m1/s1. The number of rotatable bonds is 6. The van der Waals surface area contributed by atoms with Crippen molar-refractivity contribution in [3.8, 4) is 5.75 Å². The van der Waals surface area contributed by atoms with Gasteiger partial charge in [-0.05, 0) is 30.0 Å². The Labute approximate surface area is 161 Å². The van der Waals surface area contributed by atoms with Crippen LogP contribution in [-0.2, 0) is 11.0 Å². The first-order valence-electron chi connectivity index (χ1n) is 8.43. The lowest BCUT2D eigenvalue weighted by Gasteiger charge is -2.15. The first-order valence-corrected chi connectivity index (χ1v) is 8.43. The predicted molar refractivity (Wildman–Crippen MR) is 90.5 cm³/mol. The number of hydrogen-bond acceptors (Lipinski definition) is 2. The summed E-state index contributed by atoms with van der Waals surface area (Å²) in [6, 6.07) is 6.64. The Morgan fingerprint density at radius 1 is 1.00 bits per heavy atom. The van der Waals surface area contributed by atoms with Gasteiger partial charge >= 0.3 is 6.18 Å². The molecule has 0 saturated heterocycles. The van der Waals surface area contributed by atoms with Gasteiger partial charge in [0.05, 0.1) is 0 Å². The molecule has 0 unspecified atom stereocenters. The van der Waals surface area contributed by atoms with Gasteiger partial charge in [-0.1, -0.05) is 26.0 Å². The van der Waals surface area contributed by atoms with Gasteiger partial charge in [-0.3, -0.25) is 4.79 Å². The summed E-state index contributed by atoms with van der Waals surface area (Å²) in [5, 5.41) is 2.32. The summed E-state index contributed by atoms with van der Waals surface area (Å²) in [6.07, 6.45) is -4.76. The van der Waals surface area contributed by atoms with Crippen LogP contribution in [-0.4, -0.2) is 12.5 Å². The van der Waals surface area contributed by atoms with E-state index in [1.807, 2.05) is 13.8 Å². The molecule has 0 saturated carbocycles. The Kier molecular flexibility index (Phi) is 6.76. The van der Waals surface area contributed by atoms with Gasteiger partial charge in [0.25, 0.3) is 5.91 Å². The minimum Gasteiger partial charge on any atom is -0.477 e. The second-order valence-electron chi connectivity index (χ2n) is 6.23. The Bertz CT molecular complexity index is 866. The van der Waals surface area contributed by atoms with Crippen molar-refractivity contribution in [2.75, 3.05) is 11.9 Å². The third-order valence-electron chi connectivity index (χ3n) is 4.23. The summed E-state index contributed by atoms with van der Waals surface area (Å²) < 4.78 is 96.5. The number of amides is 1. The molecule has 158 valence electrons. The number of carbonyl (C=O) groups is 1. The van der Waals surface area contributed by atoms with Crippen molar-refractivity contribution in [2.45, 2.75) is 32.4 Å². The molecule has 0 aliphatic heterocycles. The highest BCUT2D eigenvalue weighted by molar-refractivity contribution is 5.91. The Morgan fingerprint density at radius 3 is 1.97 bits per heavy atom. The molecule has 1 amide bonds. The van der Waals surface area contributed by atoms with Crippen molar-refractivity contribution in [3.05, 3.63) is 58.7 Å². The molecule has 0 fully saturated rings. The van der Waals surface area contributed by atoms with Crippen molar-refractivity contribution < 1.29 is 40.3 Å². The third-order valence-corrected chi connectivity index (χ3v) is 4.23. The fourth-order valence-corrected chi connectivity index (χ4v) is 2.45. The summed E-state index contributed by atoms with van der Waals surface area (Å²) in [6.45, 7) is 2.92. The molecular weight excluding hydrogens is 407 g/mol. The largest absolute Gasteiger partial charge is 0.477 e. The number of nitrogens with one attached hydrogen (secondary N) is 1. The van der Waals surface area contributed by atoms with Crippen LogP contribution in [0, 0.1) is 23.3 Å². The summed E-state index contributed by atoms with van der Waals surface area (Å²) >= 11 is 0. The Balaban J connectivity index is 2.12. The van der Waals surface area contributed by atoms with Gasteiger partial charge in [-0.2, -0.15) is 22.0 Å². The number of benzene rings is 2. The van der Waals surface area contributed by atoms with E-state index in [1.54, 1.807) is 24.3 Å². The first kappa shape index (κ1) is 22.5. The van der Waals surface area contributed by atoms with E-state index in [4.69, 9.17) is 0 Å². The number of alkyl halides is 3. The molecule has 0 spiro atoms. The highest BCUT2D eigenvalue weighted by Gasteiger charge is 2.42. The molecule has 2 rings (SSSR count). The lowest BCUT2D eigenvalue weighted by Crippen LogP contribution is -2.22. The number of carbonyl (C=O) groups excluding carboxylic acids is 1. The van der Waals surface area contributed by atoms with Crippen LogP contribution < -0.4 is 10.1 Å². The molecule has 2 aromatic rings. The van der Waals surface area contributed by atoms with Crippen LogP contribution in [0.4, 0.5) is 36.4 Å². The fourth-order valence-electron chi connectivity index (χ4n) is 2.45. The minimum atomic E-state index is -5.66. The minimum absolute atomic E-state index is 0.290. The molecule has 1 atom stereocenters. The number of hydrogen-bond donors (Lipinski definition) is 1. The van der Waals surface area contributed by atoms with E-state index in [-0.39, 0.29) is 0 Å². The molecule has 0 aliphatic rings. The highest BCUT2D eigenvalue weighted by atomic mass is 19.4. The second kappa shape index (κ2) is 8.71. The van der Waals surface area contributed by atoms with Crippen LogP contribution in [0.1, 0.15) is 37.3 Å². The highest BCUT2D eigenvalue weighted by Crippen LogP contribution is 2.39. The lowest BCUT2D eigenvalue weighted by atomic mass is 9.99. The van der Waals surface area contributed by atoms with Crippen LogP contribution in [0.2, 0.25) is 0 Å². The topological polar surface area (TPSA) is 38.3 Å². The smallest absolute Gasteiger partial charge is 0.422 e. The Morgan fingerprint density at radius 2 is 1.52 bits per heavy atom. The van der Waals surface area contributed by atoms with E-state index in [0.29, 0.717) is 11.6 Å². The summed E-state index contributed by atoms with van der Waals surface area (Å²) in [7, 11) is 0. The molecule has 10 heteroatoms. The molecule has 29 heavy (non-hydrogen) atoms. The summed E-state index contributed by atoms with van der Waals surface area (Å²) in [5.74, 6) is -12.5. The van der Waals surface area contributed by atoms with E-state index in [9.17, 15) is 35.5 Å². The SMILES string of the molecule is CC[C@@H](C)c1ccc(NC(=O)COc2c(F)c(F)c(C(F)(F)F)c(F)c2F)cc1. The van der Waals surface area contributed by atoms with E-state index < -0.39 is 53.3 Å². The maximum atomic E-state index is 13.7. The lowest BCUT2D eigenvalue weighted by molar-refractivity contribution is -0.143. The molecular formula is C19H16F7NO2. The fraction of sp³-hybridized carbons (Fsp3) is 0.316. The quantitative estimate of drug-likeness (QED) is 0.472. The summed E-state index contributed by atoms with van der Waals surface area (Å²) in [5.41, 5.74) is -1.39. The maximum Gasteiger partial charge on any atom is 0.422 e. The molecule has 0 heterocycles. The van der Waals surface area contributed by atoms with E-state index in [2.05, 4.69) is 10.1 Å². The molecule has 0 aliphatic carbocycles. The molecule has 2 aromatic carbocycles. The molecule has 0 bridgehead atoms. The van der Waals surface area contributed by atoms with E-state index in [1.165, 1.54) is 0 Å². The van der Waals surface area contributed by atoms with Gasteiger partial charge in [0, 0.05) is 5.69 Å². The number of ether oxygens (including phenoxy) is 1. The first-order chi connectivity index (χ1) is 13.5. The van der Waals surface area contributed by atoms with Crippen LogP contribution in [0.3, 0.4) is 0 Å². The number of anilines is 1. The molecule has 0 radical (unpaired) electrons. The third kappa shape index (κ3) is 4.99. The maximum absolute atomic E-state index is 13.7. The van der Waals surface area contributed by atoms with Crippen molar-refractivity contribution in [1.82, 2.24) is 0 Å². The van der Waals surface area contributed by atoms with Crippen molar-refractivity contribution in [1.29, 1.82) is 0 Å². The zero-order valence-corrected chi connectivity index (χ0v) is 15.3. The van der Waals surface area contributed by atoms with Gasteiger partial charge in [-0.15, -0.1) is 0 Å². The van der Waals surface area contributed by atoms with Crippen LogP contribution in [0.5, 0.6) is 5.75 Å². The van der Waals surface area contributed by atoms with Crippen molar-refractivity contribution >= 4 is 11.6 Å². The zero-order valence-electron chi connectivity index (χ0n) is 15.3. The zero-order chi connectivity index (χ0) is 21.9. The van der Waals surface area contributed by atoms with Crippen molar-refractivity contribution in [2.24, 2.45) is 0 Å². The predicted octanol–water partition coefficient (Wildman–Crippen LogP) is 5.79. The van der Waals surface area contributed by atoms with Gasteiger partial charge in [0.2, 0.25) is 11.6 Å². The molecule has 0 aromatic heterocycles. The van der Waals surface area contributed by atoms with Gasteiger partial charge in [0.15, 0.2) is 24.0 Å². The average molecular weight is 423 g/mol. The van der Waals surface area contributed by atoms with E-state index >= 15 is 0 Å². The normalized spacial score (nSPS) is 12.6. The number of halogens is 7. The van der Waals surface area contributed by atoms with E-state index in [0.717, 1.165) is 12.0 Å². The van der Waals surface area contributed by atoms with Gasteiger partial charge in [0.1, 0.15) is 5.56 Å². The van der Waals surface area contributed by atoms with Gasteiger partial charge in [-0.25, -0.2) is 8.78 Å². The summed E-state index contributed by atoms with van der Waals surface area (Å²) in [4.78, 5) is 11.8. The Hall–Kier alpha value is -2.78. The van der Waals surface area contributed by atoms with Crippen LogP contribution in [0.25, 0.3) is 0 Å². The second-order valence-corrected chi connectivity index (χ2v) is 6.23. The molecule has 3 nitrogen and oxygen atoms in total. The van der Waals surface area contributed by atoms with Crippen LogP contribution in [0.15, 0.2) is 24.3 Å².